The van der Waals surface area contributed by atoms with Crippen LogP contribution in [-0.2, 0) is 14.8 Å². The zero-order valence-electron chi connectivity index (χ0n) is 7.91. The molecule has 1 rings (SSSR count). The molecule has 1 atom stereocenters. The monoisotopic (exact) mass is 205 g/mol. The van der Waals surface area contributed by atoms with E-state index in [0.29, 0.717) is 19.3 Å². The van der Waals surface area contributed by atoms with Crippen molar-refractivity contribution in [1.29, 1.82) is 0 Å². The van der Waals surface area contributed by atoms with Crippen LogP contribution in [0, 0.1) is 5.92 Å². The van der Waals surface area contributed by atoms with E-state index in [2.05, 4.69) is 4.72 Å². The topological polar surface area (TPSA) is 63.2 Å². The molecule has 0 heterocycles. The lowest BCUT2D eigenvalue weighted by molar-refractivity contribution is -0.122. The van der Waals surface area contributed by atoms with Crippen LogP contribution in [0.1, 0.15) is 33.1 Å². The van der Waals surface area contributed by atoms with Crippen LogP contribution >= 0.6 is 0 Å². The van der Waals surface area contributed by atoms with Crippen molar-refractivity contribution >= 4 is 15.9 Å². The Morgan fingerprint density at radius 3 is 2.46 bits per heavy atom. The molecule has 0 saturated heterocycles. The predicted octanol–water partition coefficient (Wildman–Crippen LogP) is 0.641. The molecule has 0 spiro atoms. The Morgan fingerprint density at radius 1 is 1.54 bits per heavy atom. The summed E-state index contributed by atoms with van der Waals surface area (Å²) in [5.41, 5.74) is 0. The highest BCUT2D eigenvalue weighted by Gasteiger charge is 2.37. The van der Waals surface area contributed by atoms with Crippen molar-refractivity contribution in [2.24, 2.45) is 5.92 Å². The quantitative estimate of drug-likeness (QED) is 0.732. The maximum atomic E-state index is 11.3. The van der Waals surface area contributed by atoms with Gasteiger partial charge in [-0.25, -0.2) is 8.42 Å². The molecular formula is C8H15NO3S. The normalized spacial score (nSPS) is 19.5. The van der Waals surface area contributed by atoms with Crippen LogP contribution < -0.4 is 4.72 Å². The molecule has 0 aromatic rings. The lowest BCUT2D eigenvalue weighted by atomic mass is 10.1. The van der Waals surface area contributed by atoms with Gasteiger partial charge in [-0.1, -0.05) is 13.8 Å². The molecule has 1 N–H and O–H groups in total. The number of hydrogen-bond donors (Lipinski definition) is 1. The van der Waals surface area contributed by atoms with Gasteiger partial charge in [-0.2, -0.15) is 0 Å². The summed E-state index contributed by atoms with van der Waals surface area (Å²) in [5, 5.41) is -0.319. The number of hydrogen-bond acceptors (Lipinski definition) is 3. The van der Waals surface area contributed by atoms with E-state index in [0.717, 1.165) is 0 Å². The van der Waals surface area contributed by atoms with Crippen LogP contribution in [0.3, 0.4) is 0 Å². The molecule has 1 amide bonds. The van der Waals surface area contributed by atoms with Crippen molar-refractivity contribution in [3.63, 3.8) is 0 Å². The fraction of sp³-hybridized carbons (Fsp3) is 0.875. The predicted molar refractivity (Wildman–Crippen MR) is 49.5 cm³/mol. The molecule has 0 bridgehead atoms. The van der Waals surface area contributed by atoms with Crippen LogP contribution in [-0.4, -0.2) is 19.6 Å². The molecule has 1 fully saturated rings. The molecule has 0 aromatic carbocycles. The third kappa shape index (κ3) is 2.69. The van der Waals surface area contributed by atoms with Gasteiger partial charge in [0.15, 0.2) is 0 Å². The number of rotatable bonds is 4. The number of carbonyl (C=O) groups is 1. The van der Waals surface area contributed by atoms with Crippen LogP contribution in [0.4, 0.5) is 0 Å². The van der Waals surface area contributed by atoms with Crippen molar-refractivity contribution < 1.29 is 13.2 Å². The Kier molecular flexibility index (Phi) is 2.95. The second kappa shape index (κ2) is 3.65. The fourth-order valence-electron chi connectivity index (χ4n) is 0.888. The lowest BCUT2D eigenvalue weighted by Gasteiger charge is -2.09. The molecule has 76 valence electrons. The largest absolute Gasteiger partial charge is 0.274 e. The van der Waals surface area contributed by atoms with Crippen molar-refractivity contribution in [3.05, 3.63) is 0 Å². The molecule has 4 nitrogen and oxygen atoms in total. The van der Waals surface area contributed by atoms with Gasteiger partial charge in [-0.15, -0.1) is 0 Å². The highest BCUT2D eigenvalue weighted by Crippen LogP contribution is 2.27. The summed E-state index contributed by atoms with van der Waals surface area (Å²) < 4.78 is 24.7. The van der Waals surface area contributed by atoms with Gasteiger partial charge in [0.1, 0.15) is 0 Å². The standard InChI is InChI=1S/C8H15NO3S/c1-3-6(2)8(10)9-13(11,12)7-4-5-7/h6-7H,3-5H2,1-2H3,(H,9,10). The van der Waals surface area contributed by atoms with E-state index in [1.807, 2.05) is 6.92 Å². The average Bonchev–Trinajstić information content (AvgIpc) is 2.84. The third-order valence-electron chi connectivity index (χ3n) is 2.27. The number of carbonyl (C=O) groups excluding carboxylic acids is 1. The summed E-state index contributed by atoms with van der Waals surface area (Å²) >= 11 is 0. The highest BCUT2D eigenvalue weighted by atomic mass is 32.2. The number of amides is 1. The van der Waals surface area contributed by atoms with E-state index in [-0.39, 0.29) is 17.1 Å². The smallest absolute Gasteiger partial charge is 0.237 e. The molecule has 1 saturated carbocycles. The van der Waals surface area contributed by atoms with E-state index in [4.69, 9.17) is 0 Å². The van der Waals surface area contributed by atoms with Crippen molar-refractivity contribution in [3.8, 4) is 0 Å². The van der Waals surface area contributed by atoms with Gasteiger partial charge in [0.05, 0.1) is 5.25 Å². The minimum Gasteiger partial charge on any atom is -0.274 e. The molecule has 1 aliphatic carbocycles. The summed E-state index contributed by atoms with van der Waals surface area (Å²) in [5.74, 6) is -0.608. The molecule has 13 heavy (non-hydrogen) atoms. The third-order valence-corrected chi connectivity index (χ3v) is 4.10. The minimum atomic E-state index is -3.34. The van der Waals surface area contributed by atoms with Gasteiger partial charge < -0.3 is 0 Å². The first-order valence-corrected chi connectivity index (χ1v) is 6.07. The molecule has 0 aliphatic heterocycles. The molecular weight excluding hydrogens is 190 g/mol. The van der Waals surface area contributed by atoms with Crippen LogP contribution in [0.25, 0.3) is 0 Å². The first-order chi connectivity index (χ1) is 5.97. The van der Waals surface area contributed by atoms with Gasteiger partial charge in [-0.3, -0.25) is 9.52 Å². The average molecular weight is 205 g/mol. The molecule has 0 radical (unpaired) electrons. The zero-order valence-corrected chi connectivity index (χ0v) is 8.73. The Hall–Kier alpha value is -0.580. The lowest BCUT2D eigenvalue weighted by Crippen LogP contribution is -2.36. The summed E-state index contributed by atoms with van der Waals surface area (Å²) in [6, 6.07) is 0. The Bertz CT molecular complexity index is 293. The summed E-state index contributed by atoms with van der Waals surface area (Å²) in [6.45, 7) is 3.58. The first-order valence-electron chi connectivity index (χ1n) is 4.53. The summed E-state index contributed by atoms with van der Waals surface area (Å²) in [6.07, 6.45) is 2.03. The van der Waals surface area contributed by atoms with Gasteiger partial charge >= 0.3 is 0 Å². The Labute approximate surface area is 78.8 Å². The van der Waals surface area contributed by atoms with Crippen molar-refractivity contribution in [2.45, 2.75) is 38.4 Å². The zero-order chi connectivity index (χ0) is 10.1. The van der Waals surface area contributed by atoms with Crippen LogP contribution in [0.5, 0.6) is 0 Å². The maximum absolute atomic E-state index is 11.3. The maximum Gasteiger partial charge on any atom is 0.237 e. The second-order valence-electron chi connectivity index (χ2n) is 3.52. The Balaban J connectivity index is 2.52. The number of sulfonamides is 1. The number of nitrogens with one attached hydrogen (secondary N) is 1. The van der Waals surface area contributed by atoms with Gasteiger partial charge in [0, 0.05) is 5.92 Å². The van der Waals surface area contributed by atoms with E-state index in [9.17, 15) is 13.2 Å². The van der Waals surface area contributed by atoms with Crippen LogP contribution in [0.15, 0.2) is 0 Å². The van der Waals surface area contributed by atoms with E-state index in [1.165, 1.54) is 0 Å². The van der Waals surface area contributed by atoms with E-state index >= 15 is 0 Å². The minimum absolute atomic E-state index is 0.228. The van der Waals surface area contributed by atoms with Crippen molar-refractivity contribution in [2.75, 3.05) is 0 Å². The SMILES string of the molecule is CCC(C)C(=O)NS(=O)(=O)C1CC1. The summed E-state index contributed by atoms with van der Waals surface area (Å²) in [4.78, 5) is 11.2. The molecule has 0 aromatic heterocycles. The van der Waals surface area contributed by atoms with Gasteiger partial charge in [0.25, 0.3) is 0 Å². The first kappa shape index (κ1) is 10.5. The Morgan fingerprint density at radius 2 is 2.08 bits per heavy atom. The molecule has 1 aliphatic rings. The highest BCUT2D eigenvalue weighted by molar-refractivity contribution is 7.90. The van der Waals surface area contributed by atoms with Crippen molar-refractivity contribution in [1.82, 2.24) is 4.72 Å². The van der Waals surface area contributed by atoms with Gasteiger partial charge in [-0.05, 0) is 19.3 Å². The van der Waals surface area contributed by atoms with E-state index < -0.39 is 10.0 Å². The fourth-order valence-corrected chi connectivity index (χ4v) is 2.29. The molecule has 1 unspecified atom stereocenters. The van der Waals surface area contributed by atoms with Gasteiger partial charge in [0.2, 0.25) is 15.9 Å². The van der Waals surface area contributed by atoms with Crippen LogP contribution in [0.2, 0.25) is 0 Å². The second-order valence-corrected chi connectivity index (χ2v) is 5.48. The molecule has 5 heteroatoms. The summed E-state index contributed by atoms with van der Waals surface area (Å²) in [7, 11) is -3.34. The van der Waals surface area contributed by atoms with E-state index in [1.54, 1.807) is 6.92 Å².